The van der Waals surface area contributed by atoms with Gasteiger partial charge in [-0.3, -0.25) is 14.6 Å². The number of piperazine rings is 1. The van der Waals surface area contributed by atoms with Crippen molar-refractivity contribution in [3.05, 3.63) is 11.7 Å². The molecule has 0 bridgehead atoms. The Balaban J connectivity index is 1.37. The second-order valence-electron chi connectivity index (χ2n) is 8.01. The number of hydrogen-bond donors (Lipinski definition) is 1. The van der Waals surface area contributed by atoms with Crippen molar-refractivity contribution in [1.29, 1.82) is 0 Å². The van der Waals surface area contributed by atoms with Gasteiger partial charge in [-0.1, -0.05) is 44.7 Å². The average Bonchev–Trinajstić information content (AvgIpc) is 2.93. The summed E-state index contributed by atoms with van der Waals surface area (Å²) in [5.74, 6) is 1.93. The van der Waals surface area contributed by atoms with Crippen LogP contribution in [0.2, 0.25) is 0 Å². The highest BCUT2D eigenvalue weighted by molar-refractivity contribution is 5.78. The van der Waals surface area contributed by atoms with Gasteiger partial charge in [0.15, 0.2) is 5.82 Å². The third-order valence-corrected chi connectivity index (χ3v) is 5.41. The van der Waals surface area contributed by atoms with Crippen molar-refractivity contribution in [2.45, 2.75) is 70.9 Å². The van der Waals surface area contributed by atoms with E-state index in [-0.39, 0.29) is 11.8 Å². The number of nitrogens with one attached hydrogen (secondary N) is 1. The van der Waals surface area contributed by atoms with Crippen LogP contribution in [0.15, 0.2) is 4.52 Å². The topological polar surface area (TPSA) is 74.5 Å². The molecule has 1 aromatic rings. The van der Waals surface area contributed by atoms with Gasteiger partial charge < -0.3 is 9.84 Å². The van der Waals surface area contributed by atoms with Crippen LogP contribution >= 0.6 is 0 Å². The molecule has 2 fully saturated rings. The molecule has 3 rings (SSSR count). The van der Waals surface area contributed by atoms with Crippen molar-refractivity contribution >= 4 is 5.91 Å². The van der Waals surface area contributed by atoms with Crippen LogP contribution in [0, 0.1) is 0 Å². The van der Waals surface area contributed by atoms with Gasteiger partial charge in [-0.15, -0.1) is 0 Å². The molecule has 2 heterocycles. The zero-order valence-corrected chi connectivity index (χ0v) is 16.2. The fraction of sp³-hybridized carbons (Fsp3) is 0.842. The Morgan fingerprint density at radius 3 is 2.38 bits per heavy atom. The first-order chi connectivity index (χ1) is 12.6. The lowest BCUT2D eigenvalue weighted by molar-refractivity contribution is -0.123. The van der Waals surface area contributed by atoms with E-state index in [1.54, 1.807) is 0 Å². The summed E-state index contributed by atoms with van der Waals surface area (Å²) in [6.45, 7) is 9.00. The van der Waals surface area contributed by atoms with Crippen LogP contribution in [0.3, 0.4) is 0 Å². The molecule has 146 valence electrons. The normalized spacial score (nSPS) is 21.0. The molecule has 0 spiro atoms. The molecular weight excluding hydrogens is 330 g/mol. The first kappa shape index (κ1) is 19.3. The van der Waals surface area contributed by atoms with E-state index in [1.807, 2.05) is 0 Å². The van der Waals surface area contributed by atoms with Crippen LogP contribution in [0.5, 0.6) is 0 Å². The highest BCUT2D eigenvalue weighted by Crippen LogP contribution is 2.17. The van der Waals surface area contributed by atoms with Gasteiger partial charge >= 0.3 is 0 Å². The van der Waals surface area contributed by atoms with Gasteiger partial charge in [-0.05, 0) is 12.8 Å². The number of rotatable bonds is 6. The SMILES string of the molecule is CC(C)c1noc(CN2CCN(CC(=O)NC3CCCCCC3)CC2)n1. The Bertz CT molecular complexity index is 558. The fourth-order valence-electron chi connectivity index (χ4n) is 3.76. The predicted octanol–water partition coefficient (Wildman–Crippen LogP) is 2.15. The molecule has 1 aliphatic carbocycles. The van der Waals surface area contributed by atoms with Crippen molar-refractivity contribution in [3.63, 3.8) is 0 Å². The number of carbonyl (C=O) groups excluding carboxylic acids is 1. The van der Waals surface area contributed by atoms with E-state index >= 15 is 0 Å². The zero-order chi connectivity index (χ0) is 18.4. The van der Waals surface area contributed by atoms with Crippen molar-refractivity contribution in [3.8, 4) is 0 Å². The molecule has 0 radical (unpaired) electrons. The lowest BCUT2D eigenvalue weighted by Crippen LogP contribution is -2.50. The Morgan fingerprint density at radius 2 is 1.77 bits per heavy atom. The fourth-order valence-corrected chi connectivity index (χ4v) is 3.76. The molecule has 2 aliphatic rings. The first-order valence-corrected chi connectivity index (χ1v) is 10.2. The Morgan fingerprint density at radius 1 is 1.12 bits per heavy atom. The molecule has 26 heavy (non-hydrogen) atoms. The van der Waals surface area contributed by atoms with E-state index in [0.717, 1.165) is 44.8 Å². The van der Waals surface area contributed by atoms with Gasteiger partial charge in [0.1, 0.15) is 0 Å². The summed E-state index contributed by atoms with van der Waals surface area (Å²) < 4.78 is 5.33. The maximum absolute atomic E-state index is 12.3. The summed E-state index contributed by atoms with van der Waals surface area (Å²) in [6.07, 6.45) is 7.40. The van der Waals surface area contributed by atoms with Gasteiger partial charge in [0.2, 0.25) is 11.8 Å². The van der Waals surface area contributed by atoms with Gasteiger partial charge in [0.25, 0.3) is 0 Å². The molecule has 0 unspecified atom stereocenters. The highest BCUT2D eigenvalue weighted by atomic mass is 16.5. The molecule has 1 N–H and O–H groups in total. The summed E-state index contributed by atoms with van der Waals surface area (Å²) in [5, 5.41) is 7.26. The number of nitrogens with zero attached hydrogens (tertiary/aromatic N) is 4. The maximum atomic E-state index is 12.3. The second kappa shape index (κ2) is 9.46. The monoisotopic (exact) mass is 363 g/mol. The number of carbonyl (C=O) groups is 1. The minimum Gasteiger partial charge on any atom is -0.352 e. The highest BCUT2D eigenvalue weighted by Gasteiger charge is 2.22. The molecular formula is C19H33N5O2. The Kier molecular flexibility index (Phi) is 7.02. The largest absolute Gasteiger partial charge is 0.352 e. The standard InChI is InChI=1S/C19H33N5O2/c1-15(2)19-21-18(26-22-19)14-24-11-9-23(10-12-24)13-17(25)20-16-7-5-3-4-6-8-16/h15-16H,3-14H2,1-2H3,(H,20,25). The minimum absolute atomic E-state index is 0.184. The minimum atomic E-state index is 0.184. The van der Waals surface area contributed by atoms with Crippen molar-refractivity contribution in [2.75, 3.05) is 32.7 Å². The Hall–Kier alpha value is -1.47. The lowest BCUT2D eigenvalue weighted by Gasteiger charge is -2.33. The van der Waals surface area contributed by atoms with Crippen LogP contribution in [0.4, 0.5) is 0 Å². The summed E-state index contributed by atoms with van der Waals surface area (Å²) in [6, 6.07) is 0.388. The number of amides is 1. The van der Waals surface area contributed by atoms with Crippen LogP contribution in [-0.4, -0.2) is 64.6 Å². The van der Waals surface area contributed by atoms with Crippen molar-refractivity contribution < 1.29 is 9.32 Å². The molecule has 7 nitrogen and oxygen atoms in total. The van der Waals surface area contributed by atoms with Gasteiger partial charge in [0, 0.05) is 38.1 Å². The van der Waals surface area contributed by atoms with E-state index in [2.05, 4.69) is 39.1 Å². The summed E-state index contributed by atoms with van der Waals surface area (Å²) in [5.41, 5.74) is 0. The third-order valence-electron chi connectivity index (χ3n) is 5.41. The summed E-state index contributed by atoms with van der Waals surface area (Å²) >= 11 is 0. The van der Waals surface area contributed by atoms with Crippen molar-refractivity contribution in [2.24, 2.45) is 0 Å². The van der Waals surface area contributed by atoms with Crippen LogP contribution in [0.25, 0.3) is 0 Å². The molecule has 1 aliphatic heterocycles. The van der Waals surface area contributed by atoms with Gasteiger partial charge in [-0.2, -0.15) is 4.98 Å². The van der Waals surface area contributed by atoms with Gasteiger partial charge in [-0.25, -0.2) is 0 Å². The quantitative estimate of drug-likeness (QED) is 0.781. The van der Waals surface area contributed by atoms with Gasteiger partial charge in [0.05, 0.1) is 13.1 Å². The van der Waals surface area contributed by atoms with E-state index in [1.165, 1.54) is 25.7 Å². The number of hydrogen-bond acceptors (Lipinski definition) is 6. The smallest absolute Gasteiger partial charge is 0.240 e. The lowest BCUT2D eigenvalue weighted by atomic mass is 10.1. The average molecular weight is 364 g/mol. The zero-order valence-electron chi connectivity index (χ0n) is 16.2. The van der Waals surface area contributed by atoms with Crippen LogP contribution in [-0.2, 0) is 11.3 Å². The molecule has 1 aromatic heterocycles. The number of aromatic nitrogens is 2. The molecule has 1 saturated carbocycles. The summed E-state index contributed by atoms with van der Waals surface area (Å²) in [7, 11) is 0. The Labute approximate surface area is 156 Å². The third kappa shape index (κ3) is 5.77. The molecule has 0 aromatic carbocycles. The molecule has 1 saturated heterocycles. The van der Waals surface area contributed by atoms with Crippen LogP contribution < -0.4 is 5.32 Å². The predicted molar refractivity (Wildman–Crippen MR) is 99.7 cm³/mol. The van der Waals surface area contributed by atoms with E-state index in [4.69, 9.17) is 4.52 Å². The van der Waals surface area contributed by atoms with Crippen LogP contribution in [0.1, 0.15) is 70.0 Å². The molecule has 7 heteroatoms. The second-order valence-corrected chi connectivity index (χ2v) is 8.01. The maximum Gasteiger partial charge on any atom is 0.240 e. The van der Waals surface area contributed by atoms with E-state index < -0.39 is 0 Å². The first-order valence-electron chi connectivity index (χ1n) is 10.2. The molecule has 1 amide bonds. The molecule has 0 atom stereocenters. The van der Waals surface area contributed by atoms with Crippen molar-refractivity contribution in [1.82, 2.24) is 25.3 Å². The van der Waals surface area contributed by atoms with E-state index in [0.29, 0.717) is 25.0 Å². The van der Waals surface area contributed by atoms with E-state index in [9.17, 15) is 4.79 Å². The summed E-state index contributed by atoms with van der Waals surface area (Å²) in [4.78, 5) is 21.3.